The minimum atomic E-state index is 0.243. The highest BCUT2D eigenvalue weighted by Crippen LogP contribution is 2.28. The molecular formula is C20H33NO3. The van der Waals surface area contributed by atoms with Crippen molar-refractivity contribution in [3.63, 3.8) is 0 Å². The molecule has 4 heteroatoms. The van der Waals surface area contributed by atoms with Crippen molar-refractivity contribution in [2.45, 2.75) is 59.4 Å². The molecule has 0 bridgehead atoms. The lowest BCUT2D eigenvalue weighted by Gasteiger charge is -2.32. The average molecular weight is 335 g/mol. The van der Waals surface area contributed by atoms with E-state index in [4.69, 9.17) is 9.47 Å². The first kappa shape index (κ1) is 20.3. The van der Waals surface area contributed by atoms with Gasteiger partial charge in [0.25, 0.3) is 0 Å². The molecule has 0 aliphatic carbocycles. The number of aryl methyl sites for hydroxylation is 1. The number of benzene rings is 1. The van der Waals surface area contributed by atoms with Crippen LogP contribution in [0.2, 0.25) is 0 Å². The number of amides is 1. The molecule has 136 valence electrons. The third kappa shape index (κ3) is 5.73. The van der Waals surface area contributed by atoms with E-state index in [1.807, 2.05) is 18.2 Å². The van der Waals surface area contributed by atoms with E-state index < -0.39 is 0 Å². The molecule has 0 saturated heterocycles. The molecule has 0 N–H and O–H groups in total. The summed E-state index contributed by atoms with van der Waals surface area (Å²) in [7, 11) is 3.25. The van der Waals surface area contributed by atoms with Gasteiger partial charge < -0.3 is 14.4 Å². The highest BCUT2D eigenvalue weighted by atomic mass is 16.5. The summed E-state index contributed by atoms with van der Waals surface area (Å²) in [5.74, 6) is 2.15. The maximum Gasteiger partial charge on any atom is 0.223 e. The Labute approximate surface area is 147 Å². The first-order chi connectivity index (χ1) is 11.5. The van der Waals surface area contributed by atoms with Crippen molar-refractivity contribution < 1.29 is 14.3 Å². The molecule has 0 atom stereocenters. The topological polar surface area (TPSA) is 38.8 Å². The molecule has 0 saturated carbocycles. The average Bonchev–Trinajstić information content (AvgIpc) is 2.59. The van der Waals surface area contributed by atoms with Gasteiger partial charge >= 0.3 is 0 Å². The minimum absolute atomic E-state index is 0.243. The molecule has 1 aromatic carbocycles. The van der Waals surface area contributed by atoms with Crippen molar-refractivity contribution in [2.75, 3.05) is 20.8 Å². The molecule has 1 rings (SSSR count). The zero-order valence-corrected chi connectivity index (χ0v) is 16.1. The van der Waals surface area contributed by atoms with Crippen molar-refractivity contribution in [1.29, 1.82) is 0 Å². The Balaban J connectivity index is 2.77. The van der Waals surface area contributed by atoms with Gasteiger partial charge in [0.2, 0.25) is 5.91 Å². The summed E-state index contributed by atoms with van der Waals surface area (Å²) in [5.41, 5.74) is 1.09. The van der Waals surface area contributed by atoms with Gasteiger partial charge in [0.15, 0.2) is 11.5 Å². The van der Waals surface area contributed by atoms with Gasteiger partial charge in [-0.05, 0) is 42.9 Å². The van der Waals surface area contributed by atoms with E-state index in [-0.39, 0.29) is 5.91 Å². The predicted octanol–water partition coefficient (Wildman–Crippen LogP) is 4.31. The van der Waals surface area contributed by atoms with Crippen molar-refractivity contribution >= 4 is 5.91 Å². The summed E-state index contributed by atoms with van der Waals surface area (Å²) in [6, 6.07) is 6.19. The summed E-state index contributed by atoms with van der Waals surface area (Å²) in [4.78, 5) is 14.8. The second kappa shape index (κ2) is 10.2. The normalized spacial score (nSPS) is 11.0. The van der Waals surface area contributed by atoms with Crippen LogP contribution in [0.25, 0.3) is 0 Å². The molecule has 0 spiro atoms. The van der Waals surface area contributed by atoms with Crippen LogP contribution in [0, 0.1) is 5.92 Å². The molecular weight excluding hydrogens is 302 g/mol. The predicted molar refractivity (Wildman–Crippen MR) is 98.8 cm³/mol. The van der Waals surface area contributed by atoms with Gasteiger partial charge in [0.05, 0.1) is 14.2 Å². The molecule has 0 aliphatic rings. The number of ether oxygens (including phenoxy) is 2. The summed E-state index contributed by atoms with van der Waals surface area (Å²) in [6.45, 7) is 9.47. The summed E-state index contributed by atoms with van der Waals surface area (Å²) in [5, 5.41) is 0. The fourth-order valence-corrected chi connectivity index (χ4v) is 3.01. The van der Waals surface area contributed by atoms with Crippen molar-refractivity contribution in [1.82, 2.24) is 4.90 Å². The Morgan fingerprint density at radius 3 is 2.21 bits per heavy atom. The van der Waals surface area contributed by atoms with Crippen LogP contribution in [-0.2, 0) is 11.2 Å². The Morgan fingerprint density at radius 1 is 1.08 bits per heavy atom. The summed E-state index contributed by atoms with van der Waals surface area (Å²) < 4.78 is 10.6. The smallest absolute Gasteiger partial charge is 0.223 e. The van der Waals surface area contributed by atoms with E-state index in [1.165, 1.54) is 0 Å². The molecule has 0 fully saturated rings. The van der Waals surface area contributed by atoms with Crippen LogP contribution in [0.15, 0.2) is 18.2 Å². The molecule has 0 heterocycles. The molecule has 4 nitrogen and oxygen atoms in total. The molecule has 0 aliphatic heterocycles. The van der Waals surface area contributed by atoms with E-state index in [0.717, 1.165) is 24.9 Å². The zero-order chi connectivity index (χ0) is 18.1. The summed E-state index contributed by atoms with van der Waals surface area (Å²) in [6.07, 6.45) is 3.25. The largest absolute Gasteiger partial charge is 0.493 e. The third-order valence-electron chi connectivity index (χ3n) is 4.34. The number of hydrogen-bond acceptors (Lipinski definition) is 3. The molecule has 0 radical (unpaired) electrons. The Kier molecular flexibility index (Phi) is 8.66. The standard InChI is InChI=1S/C20H33NO3/c1-7-17(8-2)21(14-15(3)4)20(22)12-10-16-9-11-18(23-5)19(13-16)24-6/h9,11,13,15,17H,7-8,10,12,14H2,1-6H3. The Hall–Kier alpha value is -1.71. The van der Waals surface area contributed by atoms with Gasteiger partial charge in [-0.15, -0.1) is 0 Å². The van der Waals surface area contributed by atoms with E-state index in [1.54, 1.807) is 14.2 Å². The minimum Gasteiger partial charge on any atom is -0.493 e. The maximum absolute atomic E-state index is 12.8. The number of nitrogens with zero attached hydrogens (tertiary/aromatic N) is 1. The number of hydrogen-bond donors (Lipinski definition) is 0. The van der Waals surface area contributed by atoms with Gasteiger partial charge in [-0.2, -0.15) is 0 Å². The number of methoxy groups -OCH3 is 2. The quantitative estimate of drug-likeness (QED) is 0.639. The number of rotatable bonds is 10. The highest BCUT2D eigenvalue weighted by molar-refractivity contribution is 5.76. The fraction of sp³-hybridized carbons (Fsp3) is 0.650. The SMILES string of the molecule is CCC(CC)N(CC(C)C)C(=O)CCc1ccc(OC)c(OC)c1. The lowest BCUT2D eigenvalue weighted by atomic mass is 10.0. The molecule has 24 heavy (non-hydrogen) atoms. The summed E-state index contributed by atoms with van der Waals surface area (Å²) >= 11 is 0. The van der Waals surface area contributed by atoms with Gasteiger partial charge in [0.1, 0.15) is 0 Å². The van der Waals surface area contributed by atoms with E-state index in [9.17, 15) is 4.79 Å². The van der Waals surface area contributed by atoms with E-state index in [0.29, 0.717) is 36.3 Å². The molecule has 1 amide bonds. The number of carbonyl (C=O) groups is 1. The van der Waals surface area contributed by atoms with Gasteiger partial charge in [-0.3, -0.25) is 4.79 Å². The maximum atomic E-state index is 12.8. The fourth-order valence-electron chi connectivity index (χ4n) is 3.01. The van der Waals surface area contributed by atoms with E-state index in [2.05, 4.69) is 32.6 Å². The van der Waals surface area contributed by atoms with Crippen LogP contribution in [0.4, 0.5) is 0 Å². The molecule has 0 aromatic heterocycles. The van der Waals surface area contributed by atoms with Crippen LogP contribution < -0.4 is 9.47 Å². The van der Waals surface area contributed by atoms with Crippen LogP contribution >= 0.6 is 0 Å². The van der Waals surface area contributed by atoms with E-state index >= 15 is 0 Å². The van der Waals surface area contributed by atoms with Crippen molar-refractivity contribution in [3.05, 3.63) is 23.8 Å². The lowest BCUT2D eigenvalue weighted by molar-refractivity contribution is -0.134. The third-order valence-corrected chi connectivity index (χ3v) is 4.34. The Bertz CT molecular complexity index is 510. The molecule has 0 unspecified atom stereocenters. The van der Waals surface area contributed by atoms with Crippen molar-refractivity contribution in [2.24, 2.45) is 5.92 Å². The van der Waals surface area contributed by atoms with Crippen LogP contribution in [0.1, 0.15) is 52.5 Å². The lowest BCUT2D eigenvalue weighted by Crippen LogP contribution is -2.42. The highest BCUT2D eigenvalue weighted by Gasteiger charge is 2.21. The van der Waals surface area contributed by atoms with Gasteiger partial charge in [0, 0.05) is 19.0 Å². The zero-order valence-electron chi connectivity index (χ0n) is 16.1. The second-order valence-electron chi connectivity index (χ2n) is 6.60. The first-order valence-electron chi connectivity index (χ1n) is 8.97. The monoisotopic (exact) mass is 335 g/mol. The van der Waals surface area contributed by atoms with Crippen LogP contribution in [0.5, 0.6) is 11.5 Å². The Morgan fingerprint density at radius 2 is 1.71 bits per heavy atom. The number of carbonyl (C=O) groups excluding carboxylic acids is 1. The van der Waals surface area contributed by atoms with Crippen LogP contribution in [0.3, 0.4) is 0 Å². The van der Waals surface area contributed by atoms with Gasteiger partial charge in [-0.25, -0.2) is 0 Å². The molecule has 1 aromatic rings. The van der Waals surface area contributed by atoms with Crippen molar-refractivity contribution in [3.8, 4) is 11.5 Å². The van der Waals surface area contributed by atoms with Gasteiger partial charge in [-0.1, -0.05) is 33.8 Å². The second-order valence-corrected chi connectivity index (χ2v) is 6.60. The first-order valence-corrected chi connectivity index (χ1v) is 8.97. The van der Waals surface area contributed by atoms with Crippen LogP contribution in [-0.4, -0.2) is 37.6 Å².